The molecule has 98 valence electrons. The Labute approximate surface area is 117 Å². The highest BCUT2D eigenvalue weighted by atomic mass is 32.2. The Morgan fingerprint density at radius 1 is 1.58 bits per heavy atom. The minimum absolute atomic E-state index is 0.160. The molecular formula is C12H11N3O2S2. The van der Waals surface area contributed by atoms with Crippen LogP contribution in [-0.4, -0.2) is 21.7 Å². The number of nitrogens with two attached hydrogens (primary N) is 1. The minimum Gasteiger partial charge on any atom is -0.384 e. The molecule has 2 aromatic rings. The van der Waals surface area contributed by atoms with E-state index in [2.05, 4.69) is 21.8 Å². The first-order valence-electron chi connectivity index (χ1n) is 5.35. The van der Waals surface area contributed by atoms with Crippen molar-refractivity contribution in [1.29, 1.82) is 0 Å². The lowest BCUT2D eigenvalue weighted by Crippen LogP contribution is -2.09. The van der Waals surface area contributed by atoms with Gasteiger partial charge in [0.05, 0.1) is 0 Å². The Kier molecular flexibility index (Phi) is 4.63. The van der Waals surface area contributed by atoms with Crippen LogP contribution >= 0.6 is 23.1 Å². The highest BCUT2D eigenvalue weighted by molar-refractivity contribution is 7.98. The number of thioether (sulfide) groups is 1. The normalized spacial score (nSPS) is 9.95. The third-order valence-electron chi connectivity index (χ3n) is 2.13. The topological polar surface area (TPSA) is 92.0 Å². The number of thiophene rings is 1. The summed E-state index contributed by atoms with van der Waals surface area (Å²) in [5.41, 5.74) is 6.14. The van der Waals surface area contributed by atoms with E-state index in [-0.39, 0.29) is 18.0 Å². The van der Waals surface area contributed by atoms with Crippen molar-refractivity contribution < 1.29 is 5.11 Å². The Bertz CT molecular complexity index is 682. The number of nitrogen functional groups attached to an aromatic ring is 1. The molecule has 0 aliphatic rings. The predicted octanol–water partition coefficient (Wildman–Crippen LogP) is 1.05. The van der Waals surface area contributed by atoms with Gasteiger partial charge >= 0.3 is 0 Å². The Balaban J connectivity index is 2.10. The van der Waals surface area contributed by atoms with E-state index in [9.17, 15) is 4.79 Å². The first-order valence-corrected chi connectivity index (χ1v) is 7.21. The first-order chi connectivity index (χ1) is 9.19. The van der Waals surface area contributed by atoms with Gasteiger partial charge in [-0.15, -0.1) is 11.3 Å². The third-order valence-corrected chi connectivity index (χ3v) is 4.13. The molecule has 0 fully saturated rings. The maximum absolute atomic E-state index is 11.2. The molecule has 4 N–H and O–H groups in total. The smallest absolute Gasteiger partial charge is 0.253 e. The Hall–Kier alpha value is -1.75. The van der Waals surface area contributed by atoms with Crippen LogP contribution < -0.4 is 11.3 Å². The zero-order chi connectivity index (χ0) is 13.7. The highest BCUT2D eigenvalue weighted by Gasteiger charge is 2.05. The molecule has 0 aliphatic carbocycles. The van der Waals surface area contributed by atoms with E-state index in [1.807, 2.05) is 11.4 Å². The molecule has 2 aromatic heterocycles. The van der Waals surface area contributed by atoms with Gasteiger partial charge in [-0.05, 0) is 11.4 Å². The number of anilines is 1. The number of nitrogens with zero attached hydrogens (tertiary/aromatic N) is 1. The van der Waals surface area contributed by atoms with Gasteiger partial charge in [0.2, 0.25) is 0 Å². The van der Waals surface area contributed by atoms with E-state index in [1.165, 1.54) is 17.8 Å². The second-order valence-electron chi connectivity index (χ2n) is 3.48. The van der Waals surface area contributed by atoms with Crippen LogP contribution in [0.3, 0.4) is 0 Å². The van der Waals surface area contributed by atoms with Gasteiger partial charge in [-0.3, -0.25) is 4.79 Å². The summed E-state index contributed by atoms with van der Waals surface area (Å²) in [6.45, 7) is -0.160. The molecule has 19 heavy (non-hydrogen) atoms. The molecule has 0 saturated carbocycles. The van der Waals surface area contributed by atoms with Crippen molar-refractivity contribution in [2.75, 3.05) is 12.3 Å². The van der Waals surface area contributed by atoms with Crippen molar-refractivity contribution in [2.24, 2.45) is 0 Å². The molecule has 5 nitrogen and oxygen atoms in total. The van der Waals surface area contributed by atoms with Crippen LogP contribution in [0.15, 0.2) is 27.5 Å². The van der Waals surface area contributed by atoms with Crippen LogP contribution in [0.1, 0.15) is 10.4 Å². The van der Waals surface area contributed by atoms with Crippen molar-refractivity contribution >= 4 is 28.9 Å². The van der Waals surface area contributed by atoms with Gasteiger partial charge in [0, 0.05) is 22.3 Å². The molecule has 2 heterocycles. The van der Waals surface area contributed by atoms with Crippen molar-refractivity contribution in [1.82, 2.24) is 9.97 Å². The quantitative estimate of drug-likeness (QED) is 0.447. The van der Waals surface area contributed by atoms with E-state index in [1.54, 1.807) is 11.3 Å². The van der Waals surface area contributed by atoms with Crippen LogP contribution in [0.5, 0.6) is 0 Å². The fourth-order valence-corrected chi connectivity index (χ4v) is 3.18. The number of hydrogen-bond donors (Lipinski definition) is 3. The Morgan fingerprint density at radius 3 is 3.16 bits per heavy atom. The first kappa shape index (κ1) is 13.7. The molecule has 0 radical (unpaired) electrons. The van der Waals surface area contributed by atoms with Crippen LogP contribution in [-0.2, 0) is 5.75 Å². The number of aliphatic hydroxyl groups excluding tert-OH is 1. The molecule has 0 bridgehead atoms. The van der Waals surface area contributed by atoms with Gasteiger partial charge in [-0.1, -0.05) is 23.6 Å². The molecule has 0 saturated heterocycles. The van der Waals surface area contributed by atoms with Crippen molar-refractivity contribution in [3.63, 3.8) is 0 Å². The largest absolute Gasteiger partial charge is 0.384 e. The maximum atomic E-state index is 11.2. The van der Waals surface area contributed by atoms with E-state index >= 15 is 0 Å². The van der Waals surface area contributed by atoms with Crippen LogP contribution in [0.25, 0.3) is 0 Å². The molecule has 0 spiro atoms. The van der Waals surface area contributed by atoms with Gasteiger partial charge in [0.15, 0.2) is 5.16 Å². The number of H-pyrrole nitrogens is 1. The van der Waals surface area contributed by atoms with E-state index in [0.29, 0.717) is 10.9 Å². The number of aromatic nitrogens is 2. The van der Waals surface area contributed by atoms with E-state index in [0.717, 1.165) is 10.4 Å². The minimum atomic E-state index is -0.263. The van der Waals surface area contributed by atoms with E-state index < -0.39 is 0 Å². The average Bonchev–Trinajstić information content (AvgIpc) is 2.80. The third kappa shape index (κ3) is 3.86. The Morgan fingerprint density at radius 2 is 2.42 bits per heavy atom. The second kappa shape index (κ2) is 6.43. The average molecular weight is 293 g/mol. The molecular weight excluding hydrogens is 282 g/mol. The zero-order valence-corrected chi connectivity index (χ0v) is 11.5. The summed E-state index contributed by atoms with van der Waals surface area (Å²) < 4.78 is 0. The number of rotatable bonds is 3. The summed E-state index contributed by atoms with van der Waals surface area (Å²) in [5.74, 6) is 6.34. The van der Waals surface area contributed by atoms with Crippen molar-refractivity contribution in [3.05, 3.63) is 38.3 Å². The zero-order valence-electron chi connectivity index (χ0n) is 9.84. The summed E-state index contributed by atoms with van der Waals surface area (Å²) in [4.78, 5) is 19.0. The number of aromatic amines is 1. The summed E-state index contributed by atoms with van der Waals surface area (Å²) in [6, 6.07) is 3.14. The lowest BCUT2D eigenvalue weighted by Gasteiger charge is -2.00. The summed E-state index contributed by atoms with van der Waals surface area (Å²) in [6.07, 6.45) is 0. The van der Waals surface area contributed by atoms with Crippen LogP contribution in [0, 0.1) is 11.8 Å². The lowest BCUT2D eigenvalue weighted by atomic mass is 10.3. The molecule has 0 atom stereocenters. The van der Waals surface area contributed by atoms with E-state index in [4.69, 9.17) is 10.8 Å². The van der Waals surface area contributed by atoms with Crippen molar-refractivity contribution in [3.8, 4) is 11.8 Å². The van der Waals surface area contributed by atoms with Crippen LogP contribution in [0.2, 0.25) is 0 Å². The van der Waals surface area contributed by atoms with Gasteiger partial charge in [0.25, 0.3) is 5.56 Å². The molecule has 0 aromatic carbocycles. The number of hydrogen-bond acceptors (Lipinski definition) is 6. The molecule has 0 unspecified atom stereocenters. The summed E-state index contributed by atoms with van der Waals surface area (Å²) in [5, 5.41) is 11.1. The fraction of sp³-hybridized carbons (Fsp3) is 0.167. The fourth-order valence-electron chi connectivity index (χ4n) is 1.35. The second-order valence-corrected chi connectivity index (χ2v) is 5.45. The van der Waals surface area contributed by atoms with Crippen molar-refractivity contribution in [2.45, 2.75) is 10.9 Å². The van der Waals surface area contributed by atoms with Gasteiger partial charge in [0.1, 0.15) is 12.4 Å². The molecule has 2 rings (SSSR count). The van der Waals surface area contributed by atoms with Crippen LogP contribution in [0.4, 0.5) is 5.82 Å². The highest BCUT2D eigenvalue weighted by Crippen LogP contribution is 2.25. The molecule has 7 heteroatoms. The monoisotopic (exact) mass is 293 g/mol. The number of nitrogens with one attached hydrogen (secondary N) is 1. The summed E-state index contributed by atoms with van der Waals surface area (Å²) >= 11 is 2.96. The predicted molar refractivity (Wildman–Crippen MR) is 77.1 cm³/mol. The maximum Gasteiger partial charge on any atom is 0.253 e. The standard InChI is InChI=1S/C12H11N3O2S2/c13-10-6-11(17)15-12(14-10)19-7-9-8(2-1-4-16)3-5-18-9/h3,5-6,16H,4,7H2,(H3,13,14,15,17). The number of aliphatic hydroxyl groups is 1. The summed E-state index contributed by atoms with van der Waals surface area (Å²) in [7, 11) is 0. The molecule has 0 amide bonds. The van der Waals surface area contributed by atoms with Gasteiger partial charge in [-0.25, -0.2) is 4.98 Å². The lowest BCUT2D eigenvalue weighted by molar-refractivity contribution is 0.350. The SMILES string of the molecule is Nc1cc(=O)[nH]c(SCc2sccc2C#CCO)n1. The van der Waals surface area contributed by atoms with Gasteiger partial charge < -0.3 is 15.8 Å². The molecule has 0 aliphatic heterocycles. The van der Waals surface area contributed by atoms with Gasteiger partial charge in [-0.2, -0.15) is 0 Å².